The molecule has 0 amide bonds. The third kappa shape index (κ3) is 3.74. The van der Waals surface area contributed by atoms with Gasteiger partial charge in [0.25, 0.3) is 0 Å². The molecule has 0 radical (unpaired) electrons. The Labute approximate surface area is 124 Å². The highest BCUT2D eigenvalue weighted by Gasteiger charge is 2.39. The smallest absolute Gasteiger partial charge is 0.321 e. The molecule has 1 aliphatic rings. The van der Waals surface area contributed by atoms with Gasteiger partial charge in [-0.2, -0.15) is 4.31 Å². The van der Waals surface area contributed by atoms with Crippen LogP contribution in [0.15, 0.2) is 29.2 Å². The van der Waals surface area contributed by atoms with Crippen LogP contribution in [0.3, 0.4) is 0 Å². The summed E-state index contributed by atoms with van der Waals surface area (Å²) in [6.45, 7) is 1.67. The van der Waals surface area contributed by atoms with Gasteiger partial charge in [-0.3, -0.25) is 4.79 Å². The predicted molar refractivity (Wildman–Crippen MR) is 76.5 cm³/mol. The van der Waals surface area contributed by atoms with Gasteiger partial charge in [0.05, 0.1) is 18.6 Å². The summed E-state index contributed by atoms with van der Waals surface area (Å²) in [6.07, 6.45) is 1.53. The molecule has 0 unspecified atom stereocenters. The first-order chi connectivity index (χ1) is 9.98. The Hall–Kier alpha value is -1.60. The highest BCUT2D eigenvalue weighted by Crippen LogP contribution is 2.32. The summed E-state index contributed by atoms with van der Waals surface area (Å²) in [5.41, 5.74) is 0. The lowest BCUT2D eigenvalue weighted by Crippen LogP contribution is -2.38. The van der Waals surface area contributed by atoms with Crippen molar-refractivity contribution >= 4 is 16.0 Å². The molecule has 6 nitrogen and oxygen atoms in total. The van der Waals surface area contributed by atoms with Crippen LogP contribution in [0.25, 0.3) is 0 Å². The minimum atomic E-state index is -3.73. The second-order valence-electron chi connectivity index (χ2n) is 4.77. The normalized spacial score (nSPS) is 15.0. The maximum Gasteiger partial charge on any atom is 0.321 e. The minimum Gasteiger partial charge on any atom is -0.497 e. The van der Waals surface area contributed by atoms with E-state index < -0.39 is 16.0 Å². The number of rotatable bonds is 7. The van der Waals surface area contributed by atoms with E-state index in [1.54, 1.807) is 19.1 Å². The molecule has 116 valence electrons. The summed E-state index contributed by atoms with van der Waals surface area (Å²) in [6, 6.07) is 6.12. The quantitative estimate of drug-likeness (QED) is 0.712. The SMILES string of the molecule is CCOC(=O)CN(C1CC1)S(=O)(=O)c1cccc(OC)c1. The van der Waals surface area contributed by atoms with E-state index in [-0.39, 0.29) is 24.1 Å². The van der Waals surface area contributed by atoms with Gasteiger partial charge < -0.3 is 9.47 Å². The van der Waals surface area contributed by atoms with Crippen LogP contribution < -0.4 is 4.74 Å². The molecule has 7 heteroatoms. The molecular weight excluding hydrogens is 294 g/mol. The maximum atomic E-state index is 12.7. The molecule has 2 rings (SSSR count). The summed E-state index contributed by atoms with van der Waals surface area (Å²) in [5, 5.41) is 0. The Morgan fingerprint density at radius 3 is 2.67 bits per heavy atom. The molecule has 0 N–H and O–H groups in total. The number of carbonyl (C=O) groups is 1. The number of sulfonamides is 1. The van der Waals surface area contributed by atoms with Gasteiger partial charge >= 0.3 is 5.97 Å². The zero-order valence-corrected chi connectivity index (χ0v) is 12.9. The number of methoxy groups -OCH3 is 1. The Morgan fingerprint density at radius 2 is 2.10 bits per heavy atom. The molecule has 1 aromatic carbocycles. The number of esters is 1. The molecule has 21 heavy (non-hydrogen) atoms. The fraction of sp³-hybridized carbons (Fsp3) is 0.500. The maximum absolute atomic E-state index is 12.7. The van der Waals surface area contributed by atoms with Crippen molar-refractivity contribution in [1.29, 1.82) is 0 Å². The van der Waals surface area contributed by atoms with E-state index in [0.29, 0.717) is 5.75 Å². The van der Waals surface area contributed by atoms with Crippen LogP contribution in [0, 0.1) is 0 Å². The molecular formula is C14H19NO5S. The van der Waals surface area contributed by atoms with E-state index in [9.17, 15) is 13.2 Å². The summed E-state index contributed by atoms with van der Waals surface area (Å²) >= 11 is 0. The van der Waals surface area contributed by atoms with Gasteiger partial charge in [-0.25, -0.2) is 8.42 Å². The van der Waals surface area contributed by atoms with Crippen LogP contribution in [-0.2, 0) is 19.6 Å². The van der Waals surface area contributed by atoms with E-state index in [2.05, 4.69) is 0 Å². The van der Waals surface area contributed by atoms with Crippen LogP contribution >= 0.6 is 0 Å². The van der Waals surface area contributed by atoms with Gasteiger partial charge in [0.15, 0.2) is 0 Å². The van der Waals surface area contributed by atoms with Crippen molar-refractivity contribution in [2.24, 2.45) is 0 Å². The lowest BCUT2D eigenvalue weighted by atomic mass is 10.3. The lowest BCUT2D eigenvalue weighted by Gasteiger charge is -2.21. The van der Waals surface area contributed by atoms with Crippen molar-refractivity contribution in [2.45, 2.75) is 30.7 Å². The topological polar surface area (TPSA) is 72.9 Å². The van der Waals surface area contributed by atoms with E-state index in [1.807, 2.05) is 0 Å². The van der Waals surface area contributed by atoms with Gasteiger partial charge in [0.2, 0.25) is 10.0 Å². The Balaban J connectivity index is 2.27. The fourth-order valence-corrected chi connectivity index (χ4v) is 3.67. The van der Waals surface area contributed by atoms with E-state index in [4.69, 9.17) is 9.47 Å². The average molecular weight is 313 g/mol. The fourth-order valence-electron chi connectivity index (χ4n) is 2.00. The molecule has 0 spiro atoms. The lowest BCUT2D eigenvalue weighted by molar-refractivity contribution is -0.143. The highest BCUT2D eigenvalue weighted by molar-refractivity contribution is 7.89. The summed E-state index contributed by atoms with van der Waals surface area (Å²) in [5.74, 6) is -0.0705. The Morgan fingerprint density at radius 1 is 1.38 bits per heavy atom. The van der Waals surface area contributed by atoms with E-state index in [0.717, 1.165) is 12.8 Å². The van der Waals surface area contributed by atoms with Crippen LogP contribution in [0.1, 0.15) is 19.8 Å². The zero-order valence-electron chi connectivity index (χ0n) is 12.1. The van der Waals surface area contributed by atoms with E-state index >= 15 is 0 Å². The third-order valence-electron chi connectivity index (χ3n) is 3.19. The second kappa shape index (κ2) is 6.44. The number of hydrogen-bond acceptors (Lipinski definition) is 5. The monoisotopic (exact) mass is 313 g/mol. The first-order valence-electron chi connectivity index (χ1n) is 6.80. The molecule has 1 saturated carbocycles. The number of hydrogen-bond donors (Lipinski definition) is 0. The Bertz CT molecular complexity index is 610. The molecule has 0 heterocycles. The average Bonchev–Trinajstić information content (AvgIpc) is 3.29. The zero-order chi connectivity index (χ0) is 15.5. The second-order valence-corrected chi connectivity index (χ2v) is 6.66. The van der Waals surface area contributed by atoms with Crippen LogP contribution in [0.2, 0.25) is 0 Å². The van der Waals surface area contributed by atoms with Crippen LogP contribution in [-0.4, -0.2) is 45.0 Å². The minimum absolute atomic E-state index is 0.120. The van der Waals surface area contributed by atoms with Gasteiger partial charge in [-0.15, -0.1) is 0 Å². The predicted octanol–water partition coefficient (Wildman–Crippen LogP) is 1.41. The highest BCUT2D eigenvalue weighted by atomic mass is 32.2. The van der Waals surface area contributed by atoms with Crippen molar-refractivity contribution in [3.05, 3.63) is 24.3 Å². The van der Waals surface area contributed by atoms with Gasteiger partial charge in [0.1, 0.15) is 12.3 Å². The summed E-state index contributed by atoms with van der Waals surface area (Å²) in [7, 11) is -2.26. The summed E-state index contributed by atoms with van der Waals surface area (Å²) < 4.78 is 36.5. The molecule has 1 aromatic rings. The standard InChI is InChI=1S/C14H19NO5S/c1-3-20-14(16)10-15(11-7-8-11)21(17,18)13-6-4-5-12(9-13)19-2/h4-6,9,11H,3,7-8,10H2,1-2H3. The van der Waals surface area contributed by atoms with Gasteiger partial charge in [-0.1, -0.05) is 6.07 Å². The van der Waals surface area contributed by atoms with Crippen LogP contribution in [0.4, 0.5) is 0 Å². The van der Waals surface area contributed by atoms with Gasteiger partial charge in [-0.05, 0) is 31.9 Å². The number of benzene rings is 1. The number of nitrogens with zero attached hydrogens (tertiary/aromatic N) is 1. The molecule has 0 bridgehead atoms. The summed E-state index contributed by atoms with van der Waals surface area (Å²) in [4.78, 5) is 11.8. The van der Waals surface area contributed by atoms with Crippen molar-refractivity contribution in [3.63, 3.8) is 0 Å². The largest absolute Gasteiger partial charge is 0.497 e. The molecule has 0 aliphatic heterocycles. The molecule has 0 saturated heterocycles. The van der Waals surface area contributed by atoms with Crippen molar-refractivity contribution in [1.82, 2.24) is 4.31 Å². The van der Waals surface area contributed by atoms with Crippen molar-refractivity contribution < 1.29 is 22.7 Å². The first-order valence-corrected chi connectivity index (χ1v) is 8.24. The third-order valence-corrected chi connectivity index (χ3v) is 5.09. The molecule has 1 fully saturated rings. The molecule has 1 aliphatic carbocycles. The number of carbonyl (C=O) groups excluding carboxylic acids is 1. The van der Waals surface area contributed by atoms with Crippen molar-refractivity contribution in [3.8, 4) is 5.75 Å². The van der Waals surface area contributed by atoms with Crippen LogP contribution in [0.5, 0.6) is 5.75 Å². The molecule has 0 aromatic heterocycles. The van der Waals surface area contributed by atoms with Gasteiger partial charge in [0, 0.05) is 12.1 Å². The Kier molecular flexibility index (Phi) is 4.84. The molecule has 0 atom stereocenters. The number of ether oxygens (including phenoxy) is 2. The first kappa shape index (κ1) is 15.8. The van der Waals surface area contributed by atoms with Crippen molar-refractivity contribution in [2.75, 3.05) is 20.3 Å². The van der Waals surface area contributed by atoms with E-state index in [1.165, 1.54) is 23.5 Å².